The second-order valence-electron chi connectivity index (χ2n) is 6.36. The number of thiazole rings is 1. The zero-order chi connectivity index (χ0) is 23.8. The normalized spacial score (nSPS) is 12.1. The first kappa shape index (κ1) is 25.0. The Morgan fingerprint density at radius 2 is 2.21 bits per heavy atom. The summed E-state index contributed by atoms with van der Waals surface area (Å²) in [4.78, 5) is 27.8. The molecule has 1 amide bonds. The van der Waals surface area contributed by atoms with E-state index in [0.29, 0.717) is 11.4 Å². The fourth-order valence-electron chi connectivity index (χ4n) is 2.56. The topological polar surface area (TPSA) is 85.5 Å². The lowest BCUT2D eigenvalue weighted by molar-refractivity contribution is -0.129. The van der Waals surface area contributed by atoms with Crippen LogP contribution in [0.1, 0.15) is 13.3 Å². The molecule has 0 aromatic carbocycles. The molecule has 3 rings (SSSR count). The Hall–Kier alpha value is -2.64. The van der Waals surface area contributed by atoms with E-state index >= 15 is 0 Å². The summed E-state index contributed by atoms with van der Waals surface area (Å²) >= 11 is 8.38. The Balaban J connectivity index is 1.81. The molecule has 0 saturated heterocycles. The summed E-state index contributed by atoms with van der Waals surface area (Å²) in [6.45, 7) is 1.94. The number of hydrogen-bond acceptors (Lipinski definition) is 8. The standard InChI is InChI=1S/C19H18ClF3N6O2S2/c1-2-28(15-11-29(26-16(15)20)13-4-3-6-24-10-13)17(30)14(12-32-8-5-19(21,22)23)27-31-18-25-7-9-33-18/h3-4,6-7,9-11H,2,5,8,12H2,1H3. The van der Waals surface area contributed by atoms with E-state index in [0.717, 1.165) is 23.1 Å². The summed E-state index contributed by atoms with van der Waals surface area (Å²) in [6, 6.07) is 3.50. The third-order valence-electron chi connectivity index (χ3n) is 4.07. The van der Waals surface area contributed by atoms with Gasteiger partial charge in [0.2, 0.25) is 0 Å². The number of aromatic nitrogens is 4. The van der Waals surface area contributed by atoms with Crippen molar-refractivity contribution in [3.63, 3.8) is 0 Å². The molecule has 3 aromatic heterocycles. The quantitative estimate of drug-likeness (QED) is 0.217. The lowest BCUT2D eigenvalue weighted by atomic mass is 10.3. The van der Waals surface area contributed by atoms with Gasteiger partial charge in [0, 0.05) is 35.8 Å². The number of amides is 1. The van der Waals surface area contributed by atoms with Crippen LogP contribution < -0.4 is 9.74 Å². The summed E-state index contributed by atoms with van der Waals surface area (Å²) in [6.07, 6.45) is 0.996. The number of nitrogens with zero attached hydrogens (tertiary/aromatic N) is 6. The van der Waals surface area contributed by atoms with E-state index in [1.165, 1.54) is 15.8 Å². The predicted octanol–water partition coefficient (Wildman–Crippen LogP) is 4.85. The maximum atomic E-state index is 13.3. The average Bonchev–Trinajstić information content (AvgIpc) is 3.44. The largest absolute Gasteiger partial charge is 0.389 e. The van der Waals surface area contributed by atoms with Gasteiger partial charge in [0.1, 0.15) is 5.69 Å². The van der Waals surface area contributed by atoms with Gasteiger partial charge in [-0.15, -0.1) is 0 Å². The zero-order valence-electron chi connectivity index (χ0n) is 17.2. The molecular weight excluding hydrogens is 501 g/mol. The molecule has 176 valence electrons. The van der Waals surface area contributed by atoms with Crippen molar-refractivity contribution in [2.45, 2.75) is 19.5 Å². The van der Waals surface area contributed by atoms with Gasteiger partial charge in [-0.3, -0.25) is 9.78 Å². The molecule has 0 spiro atoms. The monoisotopic (exact) mass is 518 g/mol. The molecule has 33 heavy (non-hydrogen) atoms. The Morgan fingerprint density at radius 1 is 1.39 bits per heavy atom. The van der Waals surface area contributed by atoms with Crippen LogP contribution in [0.25, 0.3) is 5.69 Å². The number of thioether (sulfide) groups is 1. The van der Waals surface area contributed by atoms with Crippen LogP contribution in [0.4, 0.5) is 18.9 Å². The smallest absolute Gasteiger partial charge is 0.324 e. The van der Waals surface area contributed by atoms with E-state index < -0.39 is 18.5 Å². The van der Waals surface area contributed by atoms with Crippen molar-refractivity contribution in [1.29, 1.82) is 0 Å². The third kappa shape index (κ3) is 7.17. The van der Waals surface area contributed by atoms with Crippen LogP contribution in [0.3, 0.4) is 0 Å². The van der Waals surface area contributed by atoms with E-state index in [1.54, 1.807) is 43.0 Å². The van der Waals surface area contributed by atoms with E-state index in [1.807, 2.05) is 0 Å². The fraction of sp³-hybridized carbons (Fsp3) is 0.316. The number of oxime groups is 1. The number of carbonyl (C=O) groups excluding carboxylic acids is 1. The van der Waals surface area contributed by atoms with Gasteiger partial charge in [0.25, 0.3) is 5.91 Å². The highest BCUT2D eigenvalue weighted by molar-refractivity contribution is 8.00. The molecule has 3 heterocycles. The van der Waals surface area contributed by atoms with Crippen molar-refractivity contribution in [1.82, 2.24) is 19.7 Å². The molecule has 0 aliphatic carbocycles. The summed E-state index contributed by atoms with van der Waals surface area (Å²) in [5.41, 5.74) is 0.873. The minimum atomic E-state index is -4.28. The van der Waals surface area contributed by atoms with E-state index in [-0.39, 0.29) is 34.1 Å². The van der Waals surface area contributed by atoms with Crippen molar-refractivity contribution in [3.8, 4) is 10.9 Å². The number of pyridine rings is 1. The molecule has 0 fully saturated rings. The Labute approximate surface area is 200 Å². The van der Waals surface area contributed by atoms with Crippen LogP contribution in [-0.4, -0.2) is 55.6 Å². The van der Waals surface area contributed by atoms with Crippen LogP contribution in [0.15, 0.2) is 47.5 Å². The lowest BCUT2D eigenvalue weighted by Crippen LogP contribution is -2.38. The molecular formula is C19H18ClF3N6O2S2. The average molecular weight is 519 g/mol. The van der Waals surface area contributed by atoms with Crippen molar-refractivity contribution in [2.24, 2.45) is 5.16 Å². The van der Waals surface area contributed by atoms with Gasteiger partial charge >= 0.3 is 11.4 Å². The van der Waals surface area contributed by atoms with E-state index in [2.05, 4.69) is 20.2 Å². The van der Waals surface area contributed by atoms with Crippen LogP contribution in [0, 0.1) is 0 Å². The number of alkyl halides is 3. The molecule has 8 nitrogen and oxygen atoms in total. The second kappa shape index (κ2) is 11.5. The maximum Gasteiger partial charge on any atom is 0.389 e. The Kier molecular flexibility index (Phi) is 8.69. The number of carbonyl (C=O) groups is 1. The maximum absolute atomic E-state index is 13.3. The van der Waals surface area contributed by atoms with Crippen molar-refractivity contribution < 1.29 is 22.8 Å². The minimum Gasteiger partial charge on any atom is -0.324 e. The molecule has 0 radical (unpaired) electrons. The molecule has 0 saturated carbocycles. The molecule has 0 unspecified atom stereocenters. The molecule has 0 aliphatic heterocycles. The van der Waals surface area contributed by atoms with Crippen molar-refractivity contribution >= 4 is 52.0 Å². The van der Waals surface area contributed by atoms with Gasteiger partial charge in [-0.1, -0.05) is 28.1 Å². The van der Waals surface area contributed by atoms with E-state index in [4.69, 9.17) is 16.4 Å². The first-order valence-corrected chi connectivity index (χ1v) is 11.9. The fourth-order valence-corrected chi connectivity index (χ4v) is 4.12. The second-order valence-corrected chi connectivity index (χ2v) is 8.68. The highest BCUT2D eigenvalue weighted by Gasteiger charge is 2.28. The SMILES string of the molecule is CCN(C(=O)C(CSCCC(F)(F)F)=NOc1nccs1)c1cn(-c2cccnc2)nc1Cl. The van der Waals surface area contributed by atoms with Crippen molar-refractivity contribution in [2.75, 3.05) is 23.0 Å². The third-order valence-corrected chi connectivity index (χ3v) is 5.95. The van der Waals surface area contributed by atoms with Gasteiger partial charge in [-0.25, -0.2) is 9.67 Å². The molecule has 0 atom stereocenters. The van der Waals surface area contributed by atoms with E-state index in [9.17, 15) is 18.0 Å². The highest BCUT2D eigenvalue weighted by Crippen LogP contribution is 2.27. The van der Waals surface area contributed by atoms with Gasteiger partial charge < -0.3 is 9.74 Å². The number of hydrogen-bond donors (Lipinski definition) is 0. The summed E-state index contributed by atoms with van der Waals surface area (Å²) in [5.74, 6) is -0.884. The molecule has 0 N–H and O–H groups in total. The first-order chi connectivity index (χ1) is 15.8. The summed E-state index contributed by atoms with van der Waals surface area (Å²) < 4.78 is 38.9. The van der Waals surface area contributed by atoms with Crippen molar-refractivity contribution in [3.05, 3.63) is 47.5 Å². The minimum absolute atomic E-state index is 0.0685. The molecule has 14 heteroatoms. The van der Waals surface area contributed by atoms with Gasteiger partial charge in [-0.2, -0.15) is 30.0 Å². The van der Waals surface area contributed by atoms with Crippen LogP contribution in [0.2, 0.25) is 5.15 Å². The van der Waals surface area contributed by atoms with Gasteiger partial charge in [0.05, 0.1) is 24.5 Å². The van der Waals surface area contributed by atoms with Crippen LogP contribution >= 0.6 is 34.7 Å². The Morgan fingerprint density at radius 3 is 2.85 bits per heavy atom. The van der Waals surface area contributed by atoms with Crippen LogP contribution in [0.5, 0.6) is 5.19 Å². The Bertz CT molecular complexity index is 1080. The zero-order valence-corrected chi connectivity index (χ0v) is 19.6. The number of rotatable bonds is 10. The molecule has 0 bridgehead atoms. The first-order valence-electron chi connectivity index (χ1n) is 9.53. The summed E-state index contributed by atoms with van der Waals surface area (Å²) in [7, 11) is 0. The molecule has 0 aliphatic rings. The predicted molar refractivity (Wildman–Crippen MR) is 123 cm³/mol. The number of anilines is 1. The van der Waals surface area contributed by atoms with Gasteiger partial charge in [-0.05, 0) is 19.1 Å². The van der Waals surface area contributed by atoms with Gasteiger partial charge in [0.15, 0.2) is 10.9 Å². The lowest BCUT2D eigenvalue weighted by Gasteiger charge is -2.20. The molecule has 3 aromatic rings. The number of halogens is 4. The van der Waals surface area contributed by atoms with Crippen LogP contribution in [-0.2, 0) is 4.79 Å². The summed E-state index contributed by atoms with van der Waals surface area (Å²) in [5, 5.41) is 10.0. The highest BCUT2D eigenvalue weighted by atomic mass is 35.5.